The van der Waals surface area contributed by atoms with E-state index in [1.807, 2.05) is 6.82 Å². The molecule has 0 atom stereocenters. The Bertz CT molecular complexity index is 231. The first-order chi connectivity index (χ1) is 8.23. The molecule has 0 aromatic carbocycles. The van der Waals surface area contributed by atoms with Gasteiger partial charge in [-0.2, -0.15) is 0 Å². The Hall–Kier alpha value is 2.84. The monoisotopic (exact) mass is 396 g/mol. The van der Waals surface area contributed by atoms with E-state index in [-0.39, 0.29) is 0 Å². The maximum atomic E-state index is 6.14. The predicted octanol–water partition coefficient (Wildman–Crippen LogP) is 2.97. The lowest BCUT2D eigenvalue weighted by molar-refractivity contribution is 1.92. The van der Waals surface area contributed by atoms with Crippen molar-refractivity contribution in [1.29, 1.82) is 0 Å². The second-order valence-corrected chi connectivity index (χ2v) is 7.71. The molecule has 0 amide bonds. The van der Waals surface area contributed by atoms with Gasteiger partial charge in [-0.15, -0.1) is 30.0 Å². The molecule has 16 heteroatoms. The molecule has 0 aliphatic heterocycles. The van der Waals surface area contributed by atoms with Crippen molar-refractivity contribution < 1.29 is 0 Å². The maximum Gasteiger partial charge on any atom is 0.267 e. The highest BCUT2D eigenvalue weighted by molar-refractivity contribution is 8.07. The van der Waals surface area contributed by atoms with Crippen LogP contribution in [0.25, 0.3) is 0 Å². The molecule has 0 unspecified atom stereocenters. The molecule has 0 spiro atoms. The summed E-state index contributed by atoms with van der Waals surface area (Å²) in [7, 11) is 3.49. The fourth-order valence-corrected chi connectivity index (χ4v) is 3.52. The van der Waals surface area contributed by atoms with Crippen LogP contribution < -0.4 is 0 Å². The zero-order valence-electron chi connectivity index (χ0n) is 9.22. The molecule has 18 heavy (non-hydrogen) atoms. The average Bonchev–Trinajstić information content (AvgIpc) is 2.34. The fourth-order valence-electron chi connectivity index (χ4n) is 1.13. The van der Waals surface area contributed by atoms with Gasteiger partial charge in [-0.1, -0.05) is 0 Å². The first-order valence-corrected chi connectivity index (χ1v) is 8.48. The SMILES string of the molecule is C[B][B]B(Cl)B(Cl)B(Cl)B(Cl)B(Cl)B(Cl)C(Cl)Cl. The normalized spacial score (nSPS) is 9.89. The Balaban J connectivity index is 4.52. The van der Waals surface area contributed by atoms with Gasteiger partial charge in [0.2, 0.25) is 23.6 Å². The molecular formula is C2H4B8Cl8. The summed E-state index contributed by atoms with van der Waals surface area (Å²) in [6.45, 7) is 1.82. The van der Waals surface area contributed by atoms with Crippen LogP contribution in [0.5, 0.6) is 0 Å². The van der Waals surface area contributed by atoms with Gasteiger partial charge in [-0.05, 0) is 0 Å². The Morgan fingerprint density at radius 2 is 1.22 bits per heavy atom. The van der Waals surface area contributed by atoms with Crippen molar-refractivity contribution in [3.8, 4) is 0 Å². The molecule has 0 N–H and O–H groups in total. The summed E-state index contributed by atoms with van der Waals surface area (Å²) < 4.78 is -0.851. The lowest BCUT2D eigenvalue weighted by Gasteiger charge is -2.19. The third kappa shape index (κ3) is 6.73. The summed E-state index contributed by atoms with van der Waals surface area (Å²) in [5, 5.41) is 0. The highest BCUT2D eigenvalue weighted by atomic mass is 35.5. The van der Waals surface area contributed by atoms with E-state index < -0.39 is 40.3 Å². The van der Waals surface area contributed by atoms with Gasteiger partial charge in [0.15, 0.2) is 5.91 Å². The molecule has 2 radical (unpaired) electrons. The highest BCUT2D eigenvalue weighted by Crippen LogP contribution is 2.22. The Labute approximate surface area is 152 Å². The van der Waals surface area contributed by atoms with E-state index in [1.165, 1.54) is 0 Å². The molecule has 0 bridgehead atoms. The minimum atomic E-state index is -0.851. The number of halogens is 8. The first-order valence-electron chi connectivity index (χ1n) is 4.99. The predicted molar refractivity (Wildman–Crippen MR) is 103 cm³/mol. The molecule has 0 aromatic rings. The molecule has 0 aliphatic carbocycles. The summed E-state index contributed by atoms with van der Waals surface area (Å²) in [5.74, 6) is -3.18. The number of hydrogen-bond acceptors (Lipinski definition) is 0. The molecule has 0 saturated heterocycles. The molecule has 0 saturated carbocycles. The van der Waals surface area contributed by atoms with Crippen molar-refractivity contribution in [3.05, 3.63) is 0 Å². The number of rotatable bonds is 8. The van der Waals surface area contributed by atoms with Crippen molar-refractivity contribution in [1.82, 2.24) is 0 Å². The molecule has 92 valence electrons. The fraction of sp³-hybridized carbons (Fsp3) is 1.00. The zero-order valence-corrected chi connectivity index (χ0v) is 15.3. The van der Waals surface area contributed by atoms with Gasteiger partial charge < -0.3 is 0 Å². The summed E-state index contributed by atoms with van der Waals surface area (Å²) >= 11 is 47.7. The van der Waals surface area contributed by atoms with Crippen LogP contribution >= 0.6 is 92.0 Å². The van der Waals surface area contributed by atoms with Crippen LogP contribution in [0, 0.1) is 0 Å². The molecule has 0 nitrogen and oxygen atoms in total. The summed E-state index contributed by atoms with van der Waals surface area (Å²) in [5.41, 5.74) is 0. The van der Waals surface area contributed by atoms with E-state index in [2.05, 4.69) is 0 Å². The zero-order chi connectivity index (χ0) is 14.5. The smallest absolute Gasteiger partial charge is 0.216 e. The maximum absolute atomic E-state index is 6.14. The van der Waals surface area contributed by atoms with Crippen LogP contribution in [0.4, 0.5) is 0 Å². The molecule has 0 fully saturated rings. The second-order valence-electron chi connectivity index (χ2n) is 3.53. The first kappa shape index (κ1) is 20.8. The van der Waals surface area contributed by atoms with E-state index in [9.17, 15) is 0 Å². The van der Waals surface area contributed by atoms with E-state index in [1.54, 1.807) is 14.2 Å². The van der Waals surface area contributed by atoms with Crippen molar-refractivity contribution in [2.45, 2.75) is 11.6 Å². The van der Waals surface area contributed by atoms with Gasteiger partial charge in [-0.3, -0.25) is 0 Å². The van der Waals surface area contributed by atoms with Crippen LogP contribution in [0.1, 0.15) is 0 Å². The van der Waals surface area contributed by atoms with Crippen LogP contribution in [0.2, 0.25) is 6.82 Å². The Morgan fingerprint density at radius 1 is 0.778 bits per heavy atom. The van der Waals surface area contributed by atoms with E-state index in [0.717, 1.165) is 0 Å². The molecular weight excluding hydrogens is 394 g/mol. The average molecular weight is 398 g/mol. The van der Waals surface area contributed by atoms with Crippen molar-refractivity contribution >= 4 is 142 Å². The van der Waals surface area contributed by atoms with Crippen LogP contribution in [0.3, 0.4) is 0 Å². The number of hydrogen-bond donors (Lipinski definition) is 0. The van der Waals surface area contributed by atoms with Crippen molar-refractivity contribution in [2.24, 2.45) is 0 Å². The van der Waals surface area contributed by atoms with Gasteiger partial charge in [-0.25, -0.2) is 68.8 Å². The molecule has 0 aliphatic rings. The van der Waals surface area contributed by atoms with E-state index >= 15 is 0 Å². The standard InChI is InChI=1S/C2H4B8Cl8/c1-3-4-6(14)8(16)10(18)9(17)7(15)5(13)2(11)12/h2H,1H3. The van der Waals surface area contributed by atoms with Crippen LogP contribution in [-0.2, 0) is 0 Å². The quantitative estimate of drug-likeness (QED) is 0.436. The van der Waals surface area contributed by atoms with Crippen molar-refractivity contribution in [2.75, 3.05) is 0 Å². The van der Waals surface area contributed by atoms with E-state index in [4.69, 9.17) is 92.0 Å². The van der Waals surface area contributed by atoms with Gasteiger partial charge in [0, 0.05) is 7.06 Å². The summed E-state index contributed by atoms with van der Waals surface area (Å²) in [6, 6.07) is -0.738. The largest absolute Gasteiger partial charge is 0.267 e. The van der Waals surface area contributed by atoms with Crippen molar-refractivity contribution in [3.63, 3.8) is 0 Å². The second kappa shape index (κ2) is 10.5. The minimum absolute atomic E-state index is 0.458. The molecule has 0 heterocycles. The molecule has 0 aromatic heterocycles. The van der Waals surface area contributed by atoms with Crippen LogP contribution in [-0.4, -0.2) is 54.5 Å². The summed E-state index contributed by atoms with van der Waals surface area (Å²) in [4.78, 5) is 0. The highest BCUT2D eigenvalue weighted by Gasteiger charge is 2.49. The van der Waals surface area contributed by atoms with Gasteiger partial charge in [0.05, 0.1) is 11.9 Å². The number of alkyl halides is 2. The van der Waals surface area contributed by atoms with Crippen LogP contribution in [0.15, 0.2) is 0 Å². The minimum Gasteiger partial charge on any atom is -0.216 e. The van der Waals surface area contributed by atoms with Gasteiger partial charge in [0.25, 0.3) is 6.02 Å². The van der Waals surface area contributed by atoms with E-state index in [0.29, 0.717) is 0 Å². The lowest BCUT2D eigenvalue weighted by atomic mass is 8.88. The molecule has 0 rings (SSSR count). The third-order valence-electron chi connectivity index (χ3n) is 2.14. The van der Waals surface area contributed by atoms with Gasteiger partial charge in [0.1, 0.15) is 0 Å². The Morgan fingerprint density at radius 3 is 1.61 bits per heavy atom. The third-order valence-corrected chi connectivity index (χ3v) is 6.70. The lowest BCUT2D eigenvalue weighted by Crippen LogP contribution is -2.58. The van der Waals surface area contributed by atoms with Gasteiger partial charge >= 0.3 is 0 Å². The summed E-state index contributed by atoms with van der Waals surface area (Å²) in [6.07, 6.45) is 0. The topological polar surface area (TPSA) is 0 Å². The Kier molecular flexibility index (Phi) is 12.2.